The van der Waals surface area contributed by atoms with Crippen LogP contribution in [0.2, 0.25) is 0 Å². The Bertz CT molecular complexity index is 1130. The van der Waals surface area contributed by atoms with Crippen molar-refractivity contribution in [3.8, 4) is 16.9 Å². The molecule has 0 aliphatic heterocycles. The summed E-state index contributed by atoms with van der Waals surface area (Å²) in [5.41, 5.74) is 0.120. The van der Waals surface area contributed by atoms with E-state index in [4.69, 9.17) is 0 Å². The number of carbonyl (C=O) groups is 1. The molecule has 0 radical (unpaired) electrons. The summed E-state index contributed by atoms with van der Waals surface area (Å²) < 4.78 is 60.1. The summed E-state index contributed by atoms with van der Waals surface area (Å²) in [6.07, 6.45) is -1.41. The molecule has 2 unspecified atom stereocenters. The van der Waals surface area contributed by atoms with Crippen LogP contribution in [0.25, 0.3) is 11.1 Å². The summed E-state index contributed by atoms with van der Waals surface area (Å²) in [6.45, 7) is 1.22. The van der Waals surface area contributed by atoms with Crippen molar-refractivity contribution in [3.63, 3.8) is 0 Å². The van der Waals surface area contributed by atoms with E-state index in [1.165, 1.54) is 53.1 Å². The van der Waals surface area contributed by atoms with Crippen molar-refractivity contribution in [1.82, 2.24) is 4.48 Å². The molecule has 0 aromatic heterocycles. The molecular weight excluding hydrogens is 454 g/mol. The van der Waals surface area contributed by atoms with Gasteiger partial charge in [0.1, 0.15) is 17.4 Å². The van der Waals surface area contributed by atoms with Crippen LogP contribution in [0.15, 0.2) is 35.4 Å². The van der Waals surface area contributed by atoms with Gasteiger partial charge in [-0.1, -0.05) is 12.1 Å². The van der Waals surface area contributed by atoms with Gasteiger partial charge in [0, 0.05) is 11.1 Å². The molecule has 184 valence electrons. The summed E-state index contributed by atoms with van der Waals surface area (Å²) >= 11 is 0. The van der Waals surface area contributed by atoms with E-state index in [2.05, 4.69) is 4.74 Å². The van der Waals surface area contributed by atoms with Gasteiger partial charge in [-0.15, -0.1) is 0 Å². The Kier molecular flexibility index (Phi) is 7.21. The molecule has 0 heterocycles. The fourth-order valence-corrected chi connectivity index (χ4v) is 4.78. The number of amides is 1. The smallest absolute Gasteiger partial charge is 0.387 e. The van der Waals surface area contributed by atoms with Crippen LogP contribution in [0.1, 0.15) is 30.9 Å². The lowest BCUT2D eigenvalue weighted by atomic mass is 9.94. The first-order valence-electron chi connectivity index (χ1n) is 10.8. The average molecular weight is 482 g/mol. The van der Waals surface area contributed by atoms with E-state index in [1.807, 2.05) is 0 Å². The molecule has 2 aromatic rings. The second kappa shape index (κ2) is 9.48. The average Bonchev–Trinajstić information content (AvgIpc) is 3.13. The predicted molar refractivity (Wildman–Crippen MR) is 120 cm³/mol. The Hall–Kier alpha value is -2.75. The molecule has 0 fully saturated rings. The van der Waals surface area contributed by atoms with Gasteiger partial charge in [0.15, 0.2) is 5.69 Å². The number of benzene rings is 2. The van der Waals surface area contributed by atoms with Crippen LogP contribution in [0.5, 0.6) is 5.75 Å². The van der Waals surface area contributed by atoms with E-state index >= 15 is 8.78 Å². The lowest BCUT2D eigenvalue weighted by Gasteiger charge is -2.32. The lowest BCUT2D eigenvalue weighted by molar-refractivity contribution is -0.125. The highest BCUT2D eigenvalue weighted by molar-refractivity contribution is 6.04. The Morgan fingerprint density at radius 2 is 1.74 bits per heavy atom. The minimum Gasteiger partial charge on any atom is -0.435 e. The third-order valence-electron chi connectivity index (χ3n) is 6.32. The zero-order valence-corrected chi connectivity index (χ0v) is 19.6. The Morgan fingerprint density at radius 3 is 2.26 bits per heavy atom. The maximum atomic E-state index is 15.6. The Morgan fingerprint density at radius 1 is 1.15 bits per heavy atom. The van der Waals surface area contributed by atoms with E-state index in [0.29, 0.717) is 12.0 Å². The van der Waals surface area contributed by atoms with E-state index in [-0.39, 0.29) is 40.1 Å². The number of carbonyl (C=O) groups excluding carboxylic acids is 1. The lowest BCUT2D eigenvalue weighted by Crippen LogP contribution is -2.50. The first kappa shape index (κ1) is 25.9. The third-order valence-corrected chi connectivity index (χ3v) is 6.32. The topological polar surface area (TPSA) is 66.8 Å². The number of halogens is 4. The van der Waals surface area contributed by atoms with Crippen LogP contribution in [0, 0.1) is 25.5 Å². The van der Waals surface area contributed by atoms with Crippen molar-refractivity contribution in [2.24, 2.45) is 0 Å². The Labute approximate surface area is 195 Å². The van der Waals surface area contributed by atoms with E-state index in [9.17, 15) is 23.8 Å². The van der Waals surface area contributed by atoms with Crippen LogP contribution in [0.3, 0.4) is 0 Å². The third kappa shape index (κ3) is 4.47. The van der Waals surface area contributed by atoms with Gasteiger partial charge in [-0.25, -0.2) is 18.1 Å². The molecule has 1 aliphatic carbocycles. The van der Waals surface area contributed by atoms with Crippen LogP contribution in [0.4, 0.5) is 23.2 Å². The van der Waals surface area contributed by atoms with Gasteiger partial charge in [0.05, 0.1) is 37.4 Å². The quantitative estimate of drug-likeness (QED) is 0.460. The zero-order chi connectivity index (χ0) is 25.5. The van der Waals surface area contributed by atoms with E-state index in [1.54, 1.807) is 0 Å². The highest BCUT2D eigenvalue weighted by Crippen LogP contribution is 2.41. The maximum absolute atomic E-state index is 15.6. The van der Waals surface area contributed by atoms with Crippen molar-refractivity contribution in [1.29, 1.82) is 0 Å². The van der Waals surface area contributed by atoms with Gasteiger partial charge < -0.3 is 14.9 Å². The fourth-order valence-electron chi connectivity index (χ4n) is 4.78. The first-order valence-corrected chi connectivity index (χ1v) is 10.8. The van der Waals surface area contributed by atoms with Crippen molar-refractivity contribution in [2.45, 2.75) is 52.4 Å². The largest absolute Gasteiger partial charge is 0.435 e. The first-order chi connectivity index (χ1) is 15.8. The second-order valence-corrected chi connectivity index (χ2v) is 8.94. The minimum absolute atomic E-state index is 0.000820. The van der Waals surface area contributed by atoms with Crippen LogP contribution in [-0.2, 0) is 4.79 Å². The van der Waals surface area contributed by atoms with E-state index < -0.39 is 46.4 Å². The summed E-state index contributed by atoms with van der Waals surface area (Å²) in [6, 6.07) is 5.09. The second-order valence-electron chi connectivity index (χ2n) is 8.94. The Balaban J connectivity index is 2.17. The predicted octanol–water partition coefficient (Wildman–Crippen LogP) is 4.78. The van der Waals surface area contributed by atoms with Crippen molar-refractivity contribution in [2.75, 3.05) is 14.1 Å². The number of hydrogen-bond acceptors (Lipinski definition) is 4. The molecule has 0 saturated carbocycles. The summed E-state index contributed by atoms with van der Waals surface area (Å²) in [5, 5.41) is 20.5. The van der Waals surface area contributed by atoms with Gasteiger partial charge in [-0.3, -0.25) is 0 Å². The van der Waals surface area contributed by atoms with Crippen LogP contribution in [-0.4, -0.2) is 49.0 Å². The monoisotopic (exact) mass is 482 g/mol. The normalized spacial score (nSPS) is 17.5. The standard InChI is InChI=1S/C25H28F4NO4/c1-12-21(26)19(15-7-6-8-16(11-15)34-25(28)29)22(27)13(2)23(12)30(4,5)24(33)20-17(14(3)31)9-10-18(20)32/h6-8,11,14,18,25,31-32H,9-10H2,1-5H3/q+1. The van der Waals surface area contributed by atoms with E-state index in [0.717, 1.165) is 6.07 Å². The molecule has 3 rings (SSSR count). The molecule has 1 amide bonds. The molecule has 9 heteroatoms. The maximum Gasteiger partial charge on any atom is 0.387 e. The molecule has 2 N–H and O–H groups in total. The van der Waals surface area contributed by atoms with Gasteiger partial charge >= 0.3 is 12.5 Å². The summed E-state index contributed by atoms with van der Waals surface area (Å²) in [4.78, 5) is 13.5. The molecule has 0 bridgehead atoms. The molecule has 34 heavy (non-hydrogen) atoms. The minimum atomic E-state index is -3.09. The fraction of sp³-hybridized carbons (Fsp3) is 0.400. The van der Waals surface area contributed by atoms with Crippen molar-refractivity contribution in [3.05, 3.63) is 58.2 Å². The molecule has 2 atom stereocenters. The molecule has 1 aliphatic rings. The number of rotatable bonds is 6. The SMILES string of the molecule is Cc1c(F)c(-c2cccc(OC(F)F)c2)c(F)c(C)c1[N+](C)(C)C(=O)C1=C(C(C)O)CCC1O. The van der Waals surface area contributed by atoms with Crippen LogP contribution < -0.4 is 9.22 Å². The number of aliphatic hydroxyl groups is 2. The molecular formula is C25H28F4NO4+. The molecule has 5 nitrogen and oxygen atoms in total. The molecule has 0 spiro atoms. The number of nitrogens with zero attached hydrogens (tertiary/aromatic N) is 1. The summed E-state index contributed by atoms with van der Waals surface area (Å²) in [5.74, 6) is -2.71. The van der Waals surface area contributed by atoms with Crippen LogP contribution >= 0.6 is 0 Å². The van der Waals surface area contributed by atoms with Gasteiger partial charge in [0.25, 0.3) is 0 Å². The number of hydrogen-bond donors (Lipinski definition) is 2. The van der Waals surface area contributed by atoms with Crippen molar-refractivity contribution < 1.29 is 37.3 Å². The van der Waals surface area contributed by atoms with Gasteiger partial charge in [-0.2, -0.15) is 8.78 Å². The molecule has 0 saturated heterocycles. The van der Waals surface area contributed by atoms with Gasteiger partial charge in [-0.05, 0) is 56.9 Å². The highest BCUT2D eigenvalue weighted by atomic mass is 19.3. The molecule has 2 aromatic carbocycles. The number of quaternary nitrogens is 1. The summed E-state index contributed by atoms with van der Waals surface area (Å²) in [7, 11) is 2.93. The zero-order valence-electron chi connectivity index (χ0n) is 19.6. The number of alkyl halides is 2. The number of ether oxygens (including phenoxy) is 1. The highest BCUT2D eigenvalue weighted by Gasteiger charge is 2.43. The number of likely N-dealkylation sites (N-methyl/N-ethyl adjacent to an activating group) is 1. The van der Waals surface area contributed by atoms with Gasteiger partial charge in [0.2, 0.25) is 0 Å². The number of aliphatic hydroxyl groups excluding tert-OH is 2. The van der Waals surface area contributed by atoms with Crippen molar-refractivity contribution >= 4 is 11.6 Å².